The minimum absolute atomic E-state index is 0.120. The van der Waals surface area contributed by atoms with Gasteiger partial charge in [0.25, 0.3) is 0 Å². The molecule has 14 heteroatoms. The van der Waals surface area contributed by atoms with E-state index < -0.39 is 21.5 Å². The van der Waals surface area contributed by atoms with Crippen molar-refractivity contribution in [2.45, 2.75) is 39.2 Å². The Kier molecular flexibility index (Phi) is 7.79. The zero-order valence-corrected chi connectivity index (χ0v) is 24.9. The van der Waals surface area contributed by atoms with Gasteiger partial charge in [-0.3, -0.25) is 4.72 Å². The Morgan fingerprint density at radius 2 is 1.86 bits per heavy atom. The molecule has 0 aliphatic heterocycles. The van der Waals surface area contributed by atoms with E-state index in [1.165, 1.54) is 18.2 Å². The number of pyridine rings is 1. The highest BCUT2D eigenvalue weighted by atomic mass is 79.9. The number of carbonyl (C=O) groups excluding carboxylic acids is 1. The number of fused-ring (bicyclic) bond motifs is 2. The van der Waals surface area contributed by atoms with Crippen molar-refractivity contribution >= 4 is 59.7 Å². The predicted molar refractivity (Wildman–Crippen MR) is 155 cm³/mol. The molecule has 0 fully saturated rings. The second kappa shape index (κ2) is 11.1. The van der Waals surface area contributed by atoms with Crippen LogP contribution in [0.4, 0.5) is 18.9 Å². The number of imidazole rings is 1. The van der Waals surface area contributed by atoms with Gasteiger partial charge in [0.1, 0.15) is 16.9 Å². The fourth-order valence-corrected chi connectivity index (χ4v) is 5.76. The maximum Gasteiger partial charge on any atom is 0.516 e. The molecule has 0 radical (unpaired) electrons. The van der Waals surface area contributed by atoms with Crippen LogP contribution in [0.5, 0.6) is 0 Å². The number of para-hydroxylation sites is 1. The topological polar surface area (TPSA) is 116 Å². The van der Waals surface area contributed by atoms with Crippen LogP contribution < -0.4 is 4.72 Å². The highest BCUT2D eigenvalue weighted by Gasteiger charge is 2.46. The predicted octanol–water partition coefficient (Wildman–Crippen LogP) is 6.96. The minimum Gasteiger partial charge on any atom is -0.461 e. The van der Waals surface area contributed by atoms with Gasteiger partial charge in [-0.15, -0.1) is 0 Å². The lowest BCUT2D eigenvalue weighted by molar-refractivity contribution is -0.0429. The summed E-state index contributed by atoms with van der Waals surface area (Å²) >= 11 is 3.50. The van der Waals surface area contributed by atoms with Crippen LogP contribution in [0.2, 0.25) is 0 Å². The number of esters is 1. The lowest BCUT2D eigenvalue weighted by Crippen LogP contribution is -2.30. The standard InChI is InChI=1S/C28H24BrF3N4O5S/c1-4-22-34-24-15(3)12-20(27(37)40-5-2)33-26(24)36(22)14-16-10-11-21-18(13-16)23(29)25(41-21)17-8-6-7-9-19(17)35-42(38,39)28(30,31)32/h6-13,35H,4-5,14H2,1-3H3. The highest BCUT2D eigenvalue weighted by molar-refractivity contribution is 9.10. The van der Waals surface area contributed by atoms with Crippen LogP contribution in [0.3, 0.4) is 0 Å². The molecular weight excluding hydrogens is 641 g/mol. The van der Waals surface area contributed by atoms with Crippen molar-refractivity contribution in [2.24, 2.45) is 0 Å². The fourth-order valence-electron chi connectivity index (χ4n) is 4.57. The van der Waals surface area contributed by atoms with Gasteiger partial charge in [-0.25, -0.2) is 14.8 Å². The van der Waals surface area contributed by atoms with Gasteiger partial charge in [0.05, 0.1) is 23.3 Å². The maximum absolute atomic E-state index is 13.1. The summed E-state index contributed by atoms with van der Waals surface area (Å²) in [4.78, 5) is 21.7. The fraction of sp³-hybridized carbons (Fsp3) is 0.250. The maximum atomic E-state index is 13.1. The largest absolute Gasteiger partial charge is 0.516 e. The Hall–Kier alpha value is -3.91. The molecule has 3 aromatic heterocycles. The number of aromatic nitrogens is 3. The molecule has 1 N–H and O–H groups in total. The van der Waals surface area contributed by atoms with E-state index in [9.17, 15) is 26.4 Å². The van der Waals surface area contributed by atoms with Gasteiger partial charge in [-0.1, -0.05) is 25.1 Å². The lowest BCUT2D eigenvalue weighted by atomic mass is 10.1. The van der Waals surface area contributed by atoms with Gasteiger partial charge in [0.2, 0.25) is 0 Å². The molecule has 0 spiro atoms. The van der Waals surface area contributed by atoms with Crippen molar-refractivity contribution < 1.29 is 35.5 Å². The molecule has 0 unspecified atom stereocenters. The van der Waals surface area contributed by atoms with Gasteiger partial charge in [-0.2, -0.15) is 21.6 Å². The van der Waals surface area contributed by atoms with Gasteiger partial charge in [0, 0.05) is 17.4 Å². The molecule has 0 saturated heterocycles. The average Bonchev–Trinajstić information content (AvgIpc) is 3.45. The molecular formula is C28H24BrF3N4O5S. The second-order valence-electron chi connectivity index (χ2n) is 9.36. The van der Waals surface area contributed by atoms with Crippen LogP contribution in [-0.2, 0) is 27.7 Å². The summed E-state index contributed by atoms with van der Waals surface area (Å²) in [6, 6.07) is 12.7. The van der Waals surface area contributed by atoms with Crippen molar-refractivity contribution in [2.75, 3.05) is 11.3 Å². The Morgan fingerprint density at radius 1 is 1.12 bits per heavy atom. The third kappa shape index (κ3) is 5.36. The summed E-state index contributed by atoms with van der Waals surface area (Å²) < 4.78 is 77.8. The first-order valence-electron chi connectivity index (χ1n) is 12.8. The highest BCUT2D eigenvalue weighted by Crippen LogP contribution is 2.42. The number of ether oxygens (including phenoxy) is 1. The van der Waals surface area contributed by atoms with E-state index >= 15 is 0 Å². The smallest absolute Gasteiger partial charge is 0.461 e. The van der Waals surface area contributed by atoms with Gasteiger partial charge in [0.15, 0.2) is 17.1 Å². The van der Waals surface area contributed by atoms with Crippen LogP contribution in [0.15, 0.2) is 57.4 Å². The summed E-state index contributed by atoms with van der Waals surface area (Å²) in [5.74, 6) is 0.392. The zero-order chi connectivity index (χ0) is 30.4. The molecule has 5 aromatic rings. The monoisotopic (exact) mass is 664 g/mol. The molecule has 9 nitrogen and oxygen atoms in total. The molecule has 2 aromatic carbocycles. The number of carbonyl (C=O) groups is 1. The number of hydrogen-bond acceptors (Lipinski definition) is 7. The van der Waals surface area contributed by atoms with E-state index in [4.69, 9.17) is 14.1 Å². The summed E-state index contributed by atoms with van der Waals surface area (Å²) in [5.41, 5.74) is -2.22. The number of anilines is 1. The number of halogens is 4. The number of aryl methyl sites for hydroxylation is 2. The summed E-state index contributed by atoms with van der Waals surface area (Å²) in [5, 5.41) is 0.620. The third-order valence-corrected chi connectivity index (χ3v) is 8.41. The van der Waals surface area contributed by atoms with Gasteiger partial charge in [-0.05, 0) is 71.2 Å². The van der Waals surface area contributed by atoms with E-state index in [2.05, 4.69) is 20.9 Å². The van der Waals surface area contributed by atoms with Gasteiger partial charge >= 0.3 is 21.5 Å². The number of rotatable bonds is 8. The molecule has 0 saturated carbocycles. The Morgan fingerprint density at radius 3 is 2.55 bits per heavy atom. The molecule has 220 valence electrons. The number of sulfonamides is 1. The first kappa shape index (κ1) is 29.6. The number of benzene rings is 2. The summed E-state index contributed by atoms with van der Waals surface area (Å²) in [6.07, 6.45) is 0.608. The quantitative estimate of drug-likeness (QED) is 0.178. The van der Waals surface area contributed by atoms with Gasteiger partial charge < -0.3 is 13.7 Å². The van der Waals surface area contributed by atoms with Crippen molar-refractivity contribution in [3.63, 3.8) is 0 Å². The van der Waals surface area contributed by atoms with Crippen LogP contribution in [0.25, 0.3) is 33.5 Å². The minimum atomic E-state index is -5.65. The van der Waals surface area contributed by atoms with E-state index in [0.29, 0.717) is 39.6 Å². The van der Waals surface area contributed by atoms with Crippen LogP contribution in [-0.4, -0.2) is 41.0 Å². The van der Waals surface area contributed by atoms with E-state index in [0.717, 1.165) is 17.0 Å². The Labute approximate surface area is 246 Å². The van der Waals surface area contributed by atoms with Crippen molar-refractivity contribution in [1.82, 2.24) is 14.5 Å². The molecule has 3 heterocycles. The number of alkyl halides is 3. The summed E-state index contributed by atoms with van der Waals surface area (Å²) in [6.45, 7) is 6.11. The molecule has 0 aliphatic rings. The van der Waals surface area contributed by atoms with E-state index in [-0.39, 0.29) is 29.3 Å². The van der Waals surface area contributed by atoms with Crippen LogP contribution in [0.1, 0.15) is 41.3 Å². The molecule has 0 aliphatic carbocycles. The van der Waals surface area contributed by atoms with Crippen molar-refractivity contribution in [3.05, 3.63) is 75.6 Å². The first-order chi connectivity index (χ1) is 19.8. The van der Waals surface area contributed by atoms with E-state index in [1.54, 1.807) is 29.8 Å². The molecule has 0 amide bonds. The number of furan rings is 1. The van der Waals surface area contributed by atoms with E-state index in [1.807, 2.05) is 30.5 Å². The van der Waals surface area contributed by atoms with Crippen LogP contribution in [0, 0.1) is 6.92 Å². The van der Waals surface area contributed by atoms with Crippen molar-refractivity contribution in [1.29, 1.82) is 0 Å². The Bertz CT molecular complexity index is 1950. The van der Waals surface area contributed by atoms with Crippen LogP contribution >= 0.6 is 15.9 Å². The Balaban J connectivity index is 1.56. The first-order valence-corrected chi connectivity index (χ1v) is 15.1. The normalized spacial score (nSPS) is 12.3. The second-order valence-corrected chi connectivity index (χ2v) is 11.8. The molecule has 0 bridgehead atoms. The molecule has 5 rings (SSSR count). The summed E-state index contributed by atoms with van der Waals surface area (Å²) in [7, 11) is -5.65. The molecule has 42 heavy (non-hydrogen) atoms. The average molecular weight is 665 g/mol. The lowest BCUT2D eigenvalue weighted by Gasteiger charge is -2.13. The third-order valence-electron chi connectivity index (χ3n) is 6.53. The zero-order valence-electron chi connectivity index (χ0n) is 22.5. The SMILES string of the molecule is CCOC(=O)c1cc(C)c2nc(CC)n(Cc3ccc4oc(-c5ccccc5NS(=O)(=O)C(F)(F)F)c(Br)c4c3)c2n1. The van der Waals surface area contributed by atoms with Crippen molar-refractivity contribution in [3.8, 4) is 11.3 Å². The number of hydrogen-bond donors (Lipinski definition) is 1. The number of nitrogens with zero attached hydrogens (tertiary/aromatic N) is 3. The molecule has 0 atom stereocenters. The number of nitrogens with one attached hydrogen (secondary N) is 1.